The zero-order chi connectivity index (χ0) is 18.1. The molecule has 1 aromatic carbocycles. The lowest BCUT2D eigenvalue weighted by atomic mass is 10.1. The van der Waals surface area contributed by atoms with Crippen LogP contribution in [0, 0.1) is 6.92 Å². The number of hydrogen-bond donors (Lipinski definition) is 0. The van der Waals surface area contributed by atoms with Crippen molar-refractivity contribution in [1.82, 2.24) is 19.4 Å². The van der Waals surface area contributed by atoms with E-state index in [0.29, 0.717) is 6.42 Å². The Bertz CT molecular complexity index is 946. The highest BCUT2D eigenvalue weighted by Gasteiger charge is 2.31. The van der Waals surface area contributed by atoms with Gasteiger partial charge in [-0.25, -0.2) is 9.97 Å². The zero-order valence-corrected chi connectivity index (χ0v) is 15.4. The summed E-state index contributed by atoms with van der Waals surface area (Å²) in [5.74, 6) is 1.55. The molecule has 134 valence electrons. The van der Waals surface area contributed by atoms with E-state index < -0.39 is 0 Å². The summed E-state index contributed by atoms with van der Waals surface area (Å²) in [5.41, 5.74) is 4.17. The maximum atomic E-state index is 12.8. The fourth-order valence-electron chi connectivity index (χ4n) is 3.88. The molecule has 0 aliphatic carbocycles. The van der Waals surface area contributed by atoms with Gasteiger partial charge in [-0.2, -0.15) is 0 Å². The molecule has 5 nitrogen and oxygen atoms in total. The summed E-state index contributed by atoms with van der Waals surface area (Å²) < 4.78 is 2.19. The third kappa shape index (κ3) is 2.98. The highest BCUT2D eigenvalue weighted by Crippen LogP contribution is 2.29. The first-order valence-electron chi connectivity index (χ1n) is 9.30. The molecule has 3 aromatic rings. The maximum Gasteiger partial charge on any atom is 0.227 e. The van der Waals surface area contributed by atoms with Crippen molar-refractivity contribution in [2.24, 2.45) is 0 Å². The molecule has 0 radical (unpaired) electrons. The lowest BCUT2D eigenvalue weighted by molar-refractivity contribution is -0.129. The minimum atomic E-state index is 0.207. The highest BCUT2D eigenvalue weighted by atomic mass is 16.2. The molecule has 1 fully saturated rings. The number of rotatable bonds is 4. The Morgan fingerprint density at radius 3 is 2.88 bits per heavy atom. The van der Waals surface area contributed by atoms with Gasteiger partial charge in [0, 0.05) is 31.7 Å². The topological polar surface area (TPSA) is 51.0 Å². The summed E-state index contributed by atoms with van der Waals surface area (Å²) in [7, 11) is 0. The van der Waals surface area contributed by atoms with E-state index in [1.165, 1.54) is 5.56 Å². The SMILES string of the molecule is CCn1c([C@@H]2CCN(C(=O)Cc3ccccc3C)C2)nc2cccnc21. The van der Waals surface area contributed by atoms with Crippen LogP contribution in [0.15, 0.2) is 42.6 Å². The van der Waals surface area contributed by atoms with Gasteiger partial charge < -0.3 is 9.47 Å². The van der Waals surface area contributed by atoms with Crippen molar-refractivity contribution in [2.75, 3.05) is 13.1 Å². The number of carbonyl (C=O) groups excluding carboxylic acids is 1. The smallest absolute Gasteiger partial charge is 0.227 e. The Balaban J connectivity index is 1.52. The van der Waals surface area contributed by atoms with Crippen molar-refractivity contribution >= 4 is 17.1 Å². The molecule has 4 rings (SSSR count). The Morgan fingerprint density at radius 1 is 1.23 bits per heavy atom. The Hall–Kier alpha value is -2.69. The molecule has 1 amide bonds. The number of pyridine rings is 1. The number of hydrogen-bond acceptors (Lipinski definition) is 3. The van der Waals surface area contributed by atoms with Gasteiger partial charge in [-0.15, -0.1) is 0 Å². The molecule has 0 unspecified atom stereocenters. The summed E-state index contributed by atoms with van der Waals surface area (Å²) in [6, 6.07) is 12.0. The number of aryl methyl sites for hydroxylation is 2. The Morgan fingerprint density at radius 2 is 2.08 bits per heavy atom. The number of likely N-dealkylation sites (tertiary alicyclic amines) is 1. The molecule has 1 aliphatic rings. The average Bonchev–Trinajstić information content (AvgIpc) is 3.27. The molecule has 1 saturated heterocycles. The standard InChI is InChI=1S/C21H24N4O/c1-3-25-20(23-18-9-6-11-22-21(18)25)17-10-12-24(14-17)19(26)13-16-8-5-4-7-15(16)2/h4-9,11,17H,3,10,12-14H2,1-2H3/t17-/m1/s1. The molecule has 0 spiro atoms. The maximum absolute atomic E-state index is 12.8. The molecule has 26 heavy (non-hydrogen) atoms. The molecular weight excluding hydrogens is 324 g/mol. The molecule has 1 aliphatic heterocycles. The number of benzene rings is 1. The van der Waals surface area contributed by atoms with Crippen LogP contribution in [0.3, 0.4) is 0 Å². The van der Waals surface area contributed by atoms with E-state index in [1.807, 2.05) is 41.4 Å². The van der Waals surface area contributed by atoms with E-state index in [-0.39, 0.29) is 11.8 Å². The van der Waals surface area contributed by atoms with Crippen LogP contribution in [0.5, 0.6) is 0 Å². The van der Waals surface area contributed by atoms with E-state index in [2.05, 4.69) is 29.5 Å². The summed E-state index contributed by atoms with van der Waals surface area (Å²) in [5, 5.41) is 0. The van der Waals surface area contributed by atoms with Crippen molar-refractivity contribution < 1.29 is 4.79 Å². The number of fused-ring (bicyclic) bond motifs is 1. The molecular formula is C21H24N4O. The van der Waals surface area contributed by atoms with Gasteiger partial charge in [0.05, 0.1) is 6.42 Å². The van der Waals surface area contributed by atoms with Crippen molar-refractivity contribution in [1.29, 1.82) is 0 Å². The van der Waals surface area contributed by atoms with Crippen LogP contribution in [0.2, 0.25) is 0 Å². The minimum absolute atomic E-state index is 0.207. The van der Waals surface area contributed by atoms with E-state index in [9.17, 15) is 4.79 Å². The normalized spacial score (nSPS) is 17.2. The number of nitrogens with zero attached hydrogens (tertiary/aromatic N) is 4. The molecule has 2 aromatic heterocycles. The summed E-state index contributed by atoms with van der Waals surface area (Å²) >= 11 is 0. The molecule has 5 heteroatoms. The van der Waals surface area contributed by atoms with Crippen LogP contribution in [0.25, 0.3) is 11.2 Å². The van der Waals surface area contributed by atoms with Crippen molar-refractivity contribution in [3.8, 4) is 0 Å². The quantitative estimate of drug-likeness (QED) is 0.727. The van der Waals surface area contributed by atoms with Gasteiger partial charge in [-0.05, 0) is 43.5 Å². The van der Waals surface area contributed by atoms with Crippen LogP contribution >= 0.6 is 0 Å². The number of amides is 1. The number of imidazole rings is 1. The fourth-order valence-corrected chi connectivity index (χ4v) is 3.88. The van der Waals surface area contributed by atoms with E-state index >= 15 is 0 Å². The first-order chi connectivity index (χ1) is 12.7. The molecule has 0 bridgehead atoms. The van der Waals surface area contributed by atoms with Crippen LogP contribution in [0.4, 0.5) is 0 Å². The first kappa shape index (κ1) is 16.8. The largest absolute Gasteiger partial charge is 0.342 e. The molecule has 0 N–H and O–H groups in total. The summed E-state index contributed by atoms with van der Waals surface area (Å²) in [6.45, 7) is 6.57. The van der Waals surface area contributed by atoms with Crippen LogP contribution in [-0.2, 0) is 17.8 Å². The highest BCUT2D eigenvalue weighted by molar-refractivity contribution is 5.79. The summed E-state index contributed by atoms with van der Waals surface area (Å²) in [6.07, 6.45) is 3.25. The van der Waals surface area contributed by atoms with Gasteiger partial charge in [0.2, 0.25) is 5.91 Å². The van der Waals surface area contributed by atoms with Crippen LogP contribution < -0.4 is 0 Å². The summed E-state index contributed by atoms with van der Waals surface area (Å²) in [4.78, 5) is 24.1. The first-order valence-corrected chi connectivity index (χ1v) is 9.30. The van der Waals surface area contributed by atoms with Crippen molar-refractivity contribution in [3.05, 3.63) is 59.5 Å². The second-order valence-electron chi connectivity index (χ2n) is 6.99. The van der Waals surface area contributed by atoms with Gasteiger partial charge >= 0.3 is 0 Å². The van der Waals surface area contributed by atoms with Crippen molar-refractivity contribution in [2.45, 2.75) is 39.2 Å². The second kappa shape index (κ2) is 6.90. The third-order valence-electron chi connectivity index (χ3n) is 5.36. The van der Waals surface area contributed by atoms with E-state index in [4.69, 9.17) is 4.98 Å². The lowest BCUT2D eigenvalue weighted by Gasteiger charge is -2.17. The van der Waals surface area contributed by atoms with Crippen molar-refractivity contribution in [3.63, 3.8) is 0 Å². The Labute approximate surface area is 153 Å². The van der Waals surface area contributed by atoms with Gasteiger partial charge in [0.25, 0.3) is 0 Å². The molecule has 3 heterocycles. The Kier molecular flexibility index (Phi) is 4.45. The predicted molar refractivity (Wildman–Crippen MR) is 102 cm³/mol. The van der Waals surface area contributed by atoms with Crippen LogP contribution in [0.1, 0.15) is 36.2 Å². The average molecular weight is 348 g/mol. The van der Waals surface area contributed by atoms with Gasteiger partial charge in [-0.1, -0.05) is 24.3 Å². The van der Waals surface area contributed by atoms with E-state index in [0.717, 1.165) is 48.6 Å². The second-order valence-corrected chi connectivity index (χ2v) is 6.99. The number of carbonyl (C=O) groups is 1. The fraction of sp³-hybridized carbons (Fsp3) is 0.381. The number of aromatic nitrogens is 3. The monoisotopic (exact) mass is 348 g/mol. The van der Waals surface area contributed by atoms with Gasteiger partial charge in [0.1, 0.15) is 11.3 Å². The van der Waals surface area contributed by atoms with Crippen LogP contribution in [-0.4, -0.2) is 38.4 Å². The molecule has 0 saturated carbocycles. The third-order valence-corrected chi connectivity index (χ3v) is 5.36. The van der Waals surface area contributed by atoms with E-state index in [1.54, 1.807) is 0 Å². The molecule has 1 atom stereocenters. The minimum Gasteiger partial charge on any atom is -0.342 e. The van der Waals surface area contributed by atoms with Gasteiger partial charge in [-0.3, -0.25) is 4.79 Å². The predicted octanol–water partition coefficient (Wildman–Crippen LogP) is 3.32. The zero-order valence-electron chi connectivity index (χ0n) is 15.4. The lowest BCUT2D eigenvalue weighted by Crippen LogP contribution is -2.30. The van der Waals surface area contributed by atoms with Gasteiger partial charge in [0.15, 0.2) is 5.65 Å².